The predicted molar refractivity (Wildman–Crippen MR) is 65.0 cm³/mol. The van der Waals surface area contributed by atoms with Crippen LogP contribution in [-0.4, -0.2) is 5.60 Å². The van der Waals surface area contributed by atoms with Crippen molar-refractivity contribution in [2.45, 2.75) is 39.4 Å². The average Bonchev–Trinajstić information content (AvgIpc) is 2.16. The van der Waals surface area contributed by atoms with Gasteiger partial charge >= 0.3 is 0 Å². The summed E-state index contributed by atoms with van der Waals surface area (Å²) in [6.07, 6.45) is 0.973. The van der Waals surface area contributed by atoms with E-state index in [4.69, 9.17) is 22.1 Å². The lowest BCUT2D eigenvalue weighted by Crippen LogP contribution is -2.22. The highest BCUT2D eigenvalue weighted by Crippen LogP contribution is 2.22. The first kappa shape index (κ1) is 12.3. The Kier molecular flexibility index (Phi) is 4.00. The van der Waals surface area contributed by atoms with Gasteiger partial charge in [0.25, 0.3) is 0 Å². The van der Waals surface area contributed by atoms with E-state index in [2.05, 4.69) is 20.8 Å². The van der Waals surface area contributed by atoms with Crippen LogP contribution < -0.4 is 5.73 Å². The number of halogens is 1. The van der Waals surface area contributed by atoms with E-state index in [1.807, 2.05) is 12.1 Å². The monoisotopic (exact) mass is 227 g/mol. The molecule has 0 aliphatic heterocycles. The highest BCUT2D eigenvalue weighted by atomic mass is 35.5. The third kappa shape index (κ3) is 3.73. The van der Waals surface area contributed by atoms with Crippen molar-refractivity contribution in [3.63, 3.8) is 0 Å². The van der Waals surface area contributed by atoms with E-state index in [0.717, 1.165) is 12.0 Å². The van der Waals surface area contributed by atoms with Gasteiger partial charge in [-0.15, -0.1) is 0 Å². The molecule has 2 nitrogen and oxygen atoms in total. The van der Waals surface area contributed by atoms with Crippen molar-refractivity contribution in [3.05, 3.63) is 28.8 Å². The first-order chi connectivity index (χ1) is 6.94. The maximum Gasteiger partial charge on any atom is 0.0744 e. The molecule has 0 spiro atoms. The Morgan fingerprint density at radius 3 is 2.60 bits per heavy atom. The molecule has 0 aliphatic rings. The number of rotatable bonds is 4. The Morgan fingerprint density at radius 2 is 2.07 bits per heavy atom. The van der Waals surface area contributed by atoms with Crippen molar-refractivity contribution < 1.29 is 4.74 Å². The standard InChI is InChI=1S/C12H18ClNO/c1-4-12(2,3)15-8-9-5-6-10(13)7-11(9)14/h5-7H,4,8,14H2,1-3H3. The largest absolute Gasteiger partial charge is 0.398 e. The summed E-state index contributed by atoms with van der Waals surface area (Å²) in [5.41, 5.74) is 7.40. The molecule has 1 aromatic rings. The molecule has 3 heteroatoms. The Labute approximate surface area is 96.4 Å². The van der Waals surface area contributed by atoms with Crippen molar-refractivity contribution >= 4 is 17.3 Å². The van der Waals surface area contributed by atoms with Gasteiger partial charge < -0.3 is 10.5 Å². The zero-order valence-corrected chi connectivity index (χ0v) is 10.3. The number of anilines is 1. The second-order valence-corrected chi connectivity index (χ2v) is 4.68. The van der Waals surface area contributed by atoms with E-state index in [-0.39, 0.29) is 5.60 Å². The van der Waals surface area contributed by atoms with E-state index in [9.17, 15) is 0 Å². The van der Waals surface area contributed by atoms with Crippen LogP contribution in [0.2, 0.25) is 5.02 Å². The number of nitrogen functional groups attached to an aromatic ring is 1. The molecule has 0 fully saturated rings. The molecule has 0 bridgehead atoms. The summed E-state index contributed by atoms with van der Waals surface area (Å²) in [7, 11) is 0. The molecule has 2 N–H and O–H groups in total. The minimum absolute atomic E-state index is 0.105. The normalized spacial score (nSPS) is 11.7. The second kappa shape index (κ2) is 4.86. The number of ether oxygens (including phenoxy) is 1. The summed E-state index contributed by atoms with van der Waals surface area (Å²) >= 11 is 5.81. The van der Waals surface area contributed by atoms with Crippen LogP contribution in [0.1, 0.15) is 32.8 Å². The van der Waals surface area contributed by atoms with Gasteiger partial charge in [-0.3, -0.25) is 0 Å². The van der Waals surface area contributed by atoms with Crippen LogP contribution >= 0.6 is 11.6 Å². The van der Waals surface area contributed by atoms with Gasteiger partial charge in [0.05, 0.1) is 12.2 Å². The van der Waals surface area contributed by atoms with E-state index in [0.29, 0.717) is 17.3 Å². The summed E-state index contributed by atoms with van der Waals surface area (Å²) in [5.74, 6) is 0. The van der Waals surface area contributed by atoms with Crippen LogP contribution in [0.5, 0.6) is 0 Å². The minimum atomic E-state index is -0.105. The Hall–Kier alpha value is -0.730. The van der Waals surface area contributed by atoms with Crippen LogP contribution in [0.3, 0.4) is 0 Å². The van der Waals surface area contributed by atoms with E-state index in [1.165, 1.54) is 0 Å². The van der Waals surface area contributed by atoms with Crippen LogP contribution in [0.4, 0.5) is 5.69 Å². The van der Waals surface area contributed by atoms with E-state index < -0.39 is 0 Å². The molecule has 84 valence electrons. The van der Waals surface area contributed by atoms with E-state index >= 15 is 0 Å². The number of benzene rings is 1. The van der Waals surface area contributed by atoms with Gasteiger partial charge in [-0.1, -0.05) is 24.6 Å². The maximum absolute atomic E-state index is 5.83. The smallest absolute Gasteiger partial charge is 0.0744 e. The molecule has 0 saturated carbocycles. The fraction of sp³-hybridized carbons (Fsp3) is 0.500. The van der Waals surface area contributed by atoms with Crippen molar-refractivity contribution in [3.8, 4) is 0 Å². The van der Waals surface area contributed by atoms with Gasteiger partial charge in [0.2, 0.25) is 0 Å². The molecule has 1 rings (SSSR count). The minimum Gasteiger partial charge on any atom is -0.398 e. The van der Waals surface area contributed by atoms with Gasteiger partial charge in [-0.25, -0.2) is 0 Å². The third-order valence-corrected chi connectivity index (χ3v) is 2.81. The Bertz CT molecular complexity index is 336. The van der Waals surface area contributed by atoms with Gasteiger partial charge in [0.1, 0.15) is 0 Å². The Morgan fingerprint density at radius 1 is 1.40 bits per heavy atom. The molecule has 0 amide bonds. The van der Waals surface area contributed by atoms with Gasteiger partial charge in [-0.2, -0.15) is 0 Å². The fourth-order valence-corrected chi connectivity index (χ4v) is 1.25. The molecule has 0 aliphatic carbocycles. The van der Waals surface area contributed by atoms with Crippen molar-refractivity contribution in [1.82, 2.24) is 0 Å². The fourth-order valence-electron chi connectivity index (χ4n) is 1.07. The summed E-state index contributed by atoms with van der Waals surface area (Å²) < 4.78 is 5.76. The predicted octanol–water partition coefficient (Wildman–Crippen LogP) is 3.63. The number of nitrogens with two attached hydrogens (primary N) is 1. The second-order valence-electron chi connectivity index (χ2n) is 4.25. The van der Waals surface area contributed by atoms with Gasteiger partial charge in [0.15, 0.2) is 0 Å². The summed E-state index contributed by atoms with van der Waals surface area (Å²) in [6.45, 7) is 6.77. The zero-order valence-electron chi connectivity index (χ0n) is 9.51. The highest BCUT2D eigenvalue weighted by Gasteiger charge is 2.15. The quantitative estimate of drug-likeness (QED) is 0.798. The zero-order chi connectivity index (χ0) is 11.5. The van der Waals surface area contributed by atoms with Crippen molar-refractivity contribution in [1.29, 1.82) is 0 Å². The molecule has 0 radical (unpaired) electrons. The molecule has 1 aromatic carbocycles. The molecule has 0 heterocycles. The van der Waals surface area contributed by atoms with Crippen LogP contribution in [0.15, 0.2) is 18.2 Å². The number of hydrogen-bond acceptors (Lipinski definition) is 2. The van der Waals surface area contributed by atoms with Gasteiger partial charge in [0, 0.05) is 16.3 Å². The lowest BCUT2D eigenvalue weighted by atomic mass is 10.1. The molecular weight excluding hydrogens is 210 g/mol. The number of hydrogen-bond donors (Lipinski definition) is 1. The molecule has 15 heavy (non-hydrogen) atoms. The molecule has 0 atom stereocenters. The topological polar surface area (TPSA) is 35.2 Å². The summed E-state index contributed by atoms with van der Waals surface area (Å²) in [4.78, 5) is 0. The van der Waals surface area contributed by atoms with Crippen molar-refractivity contribution in [2.24, 2.45) is 0 Å². The SMILES string of the molecule is CCC(C)(C)OCc1ccc(Cl)cc1N. The van der Waals surface area contributed by atoms with E-state index in [1.54, 1.807) is 6.07 Å². The first-order valence-electron chi connectivity index (χ1n) is 5.12. The molecule has 0 saturated heterocycles. The third-order valence-electron chi connectivity index (χ3n) is 2.58. The molecule has 0 unspecified atom stereocenters. The first-order valence-corrected chi connectivity index (χ1v) is 5.50. The lowest BCUT2D eigenvalue weighted by molar-refractivity contribution is -0.0313. The molecular formula is C12H18ClNO. The summed E-state index contributed by atoms with van der Waals surface area (Å²) in [6, 6.07) is 5.48. The summed E-state index contributed by atoms with van der Waals surface area (Å²) in [5, 5.41) is 0.658. The molecule has 0 aromatic heterocycles. The van der Waals surface area contributed by atoms with Crippen LogP contribution in [-0.2, 0) is 11.3 Å². The maximum atomic E-state index is 5.83. The van der Waals surface area contributed by atoms with Crippen LogP contribution in [0.25, 0.3) is 0 Å². The highest BCUT2D eigenvalue weighted by molar-refractivity contribution is 6.30. The van der Waals surface area contributed by atoms with Crippen molar-refractivity contribution in [2.75, 3.05) is 5.73 Å². The average molecular weight is 228 g/mol. The van der Waals surface area contributed by atoms with Gasteiger partial charge in [-0.05, 0) is 32.4 Å². The lowest BCUT2D eigenvalue weighted by Gasteiger charge is -2.23. The van der Waals surface area contributed by atoms with Crippen LogP contribution in [0, 0.1) is 0 Å². The Balaban J connectivity index is 2.66.